The van der Waals surface area contributed by atoms with Gasteiger partial charge in [0.2, 0.25) is 0 Å². The zero-order chi connectivity index (χ0) is 14.7. The van der Waals surface area contributed by atoms with Gasteiger partial charge in [0.15, 0.2) is 0 Å². The minimum atomic E-state index is 0.0592. The van der Waals surface area contributed by atoms with E-state index in [4.69, 9.17) is 0 Å². The highest BCUT2D eigenvalue weighted by molar-refractivity contribution is 9.11. The lowest BCUT2D eigenvalue weighted by molar-refractivity contribution is 0.0753. The summed E-state index contributed by atoms with van der Waals surface area (Å²) in [4.78, 5) is 15.6. The molecule has 0 unspecified atom stereocenters. The van der Waals surface area contributed by atoms with Crippen molar-refractivity contribution in [1.82, 2.24) is 4.90 Å². The molecule has 1 aromatic heterocycles. The van der Waals surface area contributed by atoms with Gasteiger partial charge in [-0.25, -0.2) is 0 Å². The van der Waals surface area contributed by atoms with Crippen molar-refractivity contribution in [2.75, 3.05) is 6.54 Å². The fourth-order valence-electron chi connectivity index (χ4n) is 1.92. The Kier molecular flexibility index (Phi) is 5.41. The molecule has 0 atom stereocenters. The topological polar surface area (TPSA) is 20.3 Å². The van der Waals surface area contributed by atoms with Crippen molar-refractivity contribution < 1.29 is 4.79 Å². The van der Waals surface area contributed by atoms with E-state index in [1.54, 1.807) is 11.3 Å². The summed E-state index contributed by atoms with van der Waals surface area (Å²) in [5, 5.41) is 0. The predicted octanol–water partition coefficient (Wildman–Crippen LogP) is 5.24. The van der Waals surface area contributed by atoms with Crippen LogP contribution in [0.1, 0.15) is 27.7 Å². The molecule has 0 N–H and O–H groups in total. The Hall–Kier alpha value is -0.650. The van der Waals surface area contributed by atoms with Crippen molar-refractivity contribution in [3.8, 4) is 0 Å². The van der Waals surface area contributed by atoms with Crippen LogP contribution in [0, 0.1) is 6.92 Å². The lowest BCUT2D eigenvalue weighted by atomic mass is 10.1. The molecule has 0 saturated carbocycles. The summed E-state index contributed by atoms with van der Waals surface area (Å²) in [6.07, 6.45) is 0. The van der Waals surface area contributed by atoms with Gasteiger partial charge in [-0.2, -0.15) is 0 Å². The fraction of sp³-hybridized carbons (Fsp3) is 0.267. The summed E-state index contributed by atoms with van der Waals surface area (Å²) < 4.78 is 1.95. The molecule has 0 spiro atoms. The maximum atomic E-state index is 12.6. The van der Waals surface area contributed by atoms with E-state index in [0.29, 0.717) is 18.7 Å². The Bertz CT molecular complexity index is 624. The molecular formula is C15H15Br2NOS. The minimum absolute atomic E-state index is 0.0592. The fourth-order valence-corrected chi connectivity index (χ4v) is 4.08. The molecule has 2 aromatic rings. The number of rotatable bonds is 4. The molecule has 106 valence electrons. The van der Waals surface area contributed by atoms with Crippen LogP contribution in [0.5, 0.6) is 0 Å². The van der Waals surface area contributed by atoms with E-state index in [9.17, 15) is 4.79 Å². The van der Waals surface area contributed by atoms with E-state index < -0.39 is 0 Å². The van der Waals surface area contributed by atoms with E-state index in [1.807, 2.05) is 43.0 Å². The van der Waals surface area contributed by atoms with E-state index in [-0.39, 0.29) is 5.91 Å². The predicted molar refractivity (Wildman–Crippen MR) is 91.3 cm³/mol. The van der Waals surface area contributed by atoms with E-state index in [1.165, 1.54) is 4.88 Å². The van der Waals surface area contributed by atoms with Crippen LogP contribution in [-0.2, 0) is 6.54 Å². The summed E-state index contributed by atoms with van der Waals surface area (Å²) in [5.41, 5.74) is 1.85. The molecule has 0 radical (unpaired) electrons. The van der Waals surface area contributed by atoms with Crippen molar-refractivity contribution in [1.29, 1.82) is 0 Å². The molecule has 0 fully saturated rings. The molecule has 2 rings (SSSR count). The average molecular weight is 417 g/mol. The Morgan fingerprint density at radius 2 is 2.00 bits per heavy atom. The number of hydrogen-bond donors (Lipinski definition) is 0. The summed E-state index contributed by atoms with van der Waals surface area (Å²) in [6.45, 7) is 5.35. The Balaban J connectivity index is 2.20. The standard InChI is InChI=1S/C15H15Br2NOS/c1-3-18(9-11-5-7-14(17)20-11)15(19)12-6-4-10(2)8-13(12)16/h4-8H,3,9H2,1-2H3. The first-order valence-corrected chi connectivity index (χ1v) is 8.71. The Morgan fingerprint density at radius 1 is 1.25 bits per heavy atom. The first kappa shape index (κ1) is 15.7. The Labute approximate surface area is 140 Å². The number of thiophene rings is 1. The first-order valence-electron chi connectivity index (χ1n) is 6.31. The molecule has 2 nitrogen and oxygen atoms in total. The monoisotopic (exact) mass is 415 g/mol. The Morgan fingerprint density at radius 3 is 2.55 bits per heavy atom. The van der Waals surface area contributed by atoms with Crippen LogP contribution in [0.3, 0.4) is 0 Å². The van der Waals surface area contributed by atoms with E-state index in [2.05, 4.69) is 37.9 Å². The van der Waals surface area contributed by atoms with Crippen molar-refractivity contribution in [2.24, 2.45) is 0 Å². The molecule has 1 amide bonds. The number of benzene rings is 1. The van der Waals surface area contributed by atoms with E-state index in [0.717, 1.165) is 13.8 Å². The van der Waals surface area contributed by atoms with Gasteiger partial charge in [0.1, 0.15) is 0 Å². The summed E-state index contributed by atoms with van der Waals surface area (Å²) in [5.74, 6) is 0.0592. The maximum absolute atomic E-state index is 12.6. The SMILES string of the molecule is CCN(Cc1ccc(Br)s1)C(=O)c1ccc(C)cc1Br. The van der Waals surface area contributed by atoms with Gasteiger partial charge in [0, 0.05) is 15.9 Å². The van der Waals surface area contributed by atoms with E-state index >= 15 is 0 Å². The normalized spacial score (nSPS) is 10.6. The largest absolute Gasteiger partial charge is 0.334 e. The van der Waals surface area contributed by atoms with Gasteiger partial charge in [-0.3, -0.25) is 4.79 Å². The summed E-state index contributed by atoms with van der Waals surface area (Å²) in [6, 6.07) is 9.89. The molecule has 0 aliphatic heterocycles. The first-order chi connectivity index (χ1) is 9.51. The number of hydrogen-bond acceptors (Lipinski definition) is 2. The van der Waals surface area contributed by atoms with Gasteiger partial charge >= 0.3 is 0 Å². The van der Waals surface area contributed by atoms with Crippen LogP contribution < -0.4 is 0 Å². The highest BCUT2D eigenvalue weighted by Gasteiger charge is 2.17. The van der Waals surface area contributed by atoms with Gasteiger partial charge < -0.3 is 4.90 Å². The second-order valence-corrected chi connectivity index (χ2v) is 7.91. The lowest BCUT2D eigenvalue weighted by Crippen LogP contribution is -2.30. The van der Waals surface area contributed by atoms with Crippen LogP contribution in [0.15, 0.2) is 38.6 Å². The van der Waals surface area contributed by atoms with Crippen molar-refractivity contribution in [3.63, 3.8) is 0 Å². The number of carbonyl (C=O) groups is 1. The van der Waals surface area contributed by atoms with Crippen LogP contribution >= 0.6 is 43.2 Å². The highest BCUT2D eigenvalue weighted by Crippen LogP contribution is 2.25. The maximum Gasteiger partial charge on any atom is 0.255 e. The van der Waals surface area contributed by atoms with Crippen molar-refractivity contribution >= 4 is 49.1 Å². The minimum Gasteiger partial charge on any atom is -0.334 e. The quantitative estimate of drug-likeness (QED) is 0.666. The third-order valence-electron chi connectivity index (χ3n) is 3.00. The van der Waals surface area contributed by atoms with Crippen LogP contribution in [0.2, 0.25) is 0 Å². The summed E-state index contributed by atoms with van der Waals surface area (Å²) in [7, 11) is 0. The van der Waals surface area contributed by atoms with Crippen LogP contribution in [-0.4, -0.2) is 17.4 Å². The number of aryl methyl sites for hydroxylation is 1. The van der Waals surface area contributed by atoms with Gasteiger partial charge in [-0.05, 0) is 75.5 Å². The van der Waals surface area contributed by atoms with Crippen molar-refractivity contribution in [2.45, 2.75) is 20.4 Å². The second-order valence-electron chi connectivity index (χ2n) is 4.51. The third-order valence-corrected chi connectivity index (χ3v) is 5.26. The van der Waals surface area contributed by atoms with Gasteiger partial charge in [-0.1, -0.05) is 6.07 Å². The van der Waals surface area contributed by atoms with Crippen LogP contribution in [0.25, 0.3) is 0 Å². The van der Waals surface area contributed by atoms with Gasteiger partial charge in [-0.15, -0.1) is 11.3 Å². The molecule has 1 aromatic carbocycles. The van der Waals surface area contributed by atoms with Gasteiger partial charge in [0.05, 0.1) is 15.9 Å². The van der Waals surface area contributed by atoms with Crippen LogP contribution in [0.4, 0.5) is 0 Å². The third kappa shape index (κ3) is 3.71. The molecule has 0 saturated heterocycles. The van der Waals surface area contributed by atoms with Crippen molar-refractivity contribution in [3.05, 3.63) is 54.6 Å². The number of nitrogens with zero attached hydrogens (tertiary/aromatic N) is 1. The molecule has 0 aliphatic carbocycles. The molecule has 20 heavy (non-hydrogen) atoms. The molecule has 1 heterocycles. The lowest BCUT2D eigenvalue weighted by Gasteiger charge is -2.21. The molecule has 0 bridgehead atoms. The average Bonchev–Trinajstić information content (AvgIpc) is 2.81. The summed E-state index contributed by atoms with van der Waals surface area (Å²) >= 11 is 8.60. The zero-order valence-corrected chi connectivity index (χ0v) is 15.3. The number of amides is 1. The van der Waals surface area contributed by atoms with Gasteiger partial charge in [0.25, 0.3) is 5.91 Å². The second kappa shape index (κ2) is 6.87. The molecular weight excluding hydrogens is 402 g/mol. The number of carbonyl (C=O) groups excluding carboxylic acids is 1. The number of halogens is 2. The molecule has 5 heteroatoms. The molecule has 0 aliphatic rings. The highest BCUT2D eigenvalue weighted by atomic mass is 79.9. The smallest absolute Gasteiger partial charge is 0.255 e. The zero-order valence-electron chi connectivity index (χ0n) is 11.3.